The zero-order chi connectivity index (χ0) is 21.0. The first kappa shape index (κ1) is 20.4. The van der Waals surface area contributed by atoms with Gasteiger partial charge in [-0.2, -0.15) is 0 Å². The van der Waals surface area contributed by atoms with Crippen molar-refractivity contribution in [1.29, 1.82) is 0 Å². The lowest BCUT2D eigenvalue weighted by Gasteiger charge is -2.13. The van der Waals surface area contributed by atoms with Gasteiger partial charge in [-0.15, -0.1) is 0 Å². The first-order valence-corrected chi connectivity index (χ1v) is 9.59. The lowest BCUT2D eigenvalue weighted by atomic mass is 10.1. The van der Waals surface area contributed by atoms with Gasteiger partial charge in [0.2, 0.25) is 0 Å². The van der Waals surface area contributed by atoms with Crippen LogP contribution in [0.3, 0.4) is 0 Å². The Hall–Kier alpha value is -3.32. The van der Waals surface area contributed by atoms with E-state index in [1.54, 1.807) is 19.1 Å². The van der Waals surface area contributed by atoms with Crippen LogP contribution in [-0.2, 0) is 6.61 Å². The van der Waals surface area contributed by atoms with E-state index in [0.717, 1.165) is 10.5 Å². The summed E-state index contributed by atoms with van der Waals surface area (Å²) < 4.78 is 5.82. The van der Waals surface area contributed by atoms with E-state index >= 15 is 0 Å². The highest BCUT2D eigenvalue weighted by atomic mass is 32.2. The molecule has 1 heterocycles. The normalized spacial score (nSPS) is 10.6. The fraction of sp³-hybridized carbons (Fsp3) is 0.136. The molecule has 6 nitrogen and oxygen atoms in total. The second kappa shape index (κ2) is 8.79. The van der Waals surface area contributed by atoms with Crippen molar-refractivity contribution >= 4 is 23.5 Å². The van der Waals surface area contributed by atoms with E-state index in [1.807, 2.05) is 24.3 Å². The Labute approximate surface area is 172 Å². The number of phenolic OH excluding ortho intramolecular Hbond substituents is 1. The Kier molecular flexibility index (Phi) is 6.19. The third-order valence-electron chi connectivity index (χ3n) is 4.26. The van der Waals surface area contributed by atoms with Gasteiger partial charge < -0.3 is 14.9 Å². The number of carboxylic acid groups (broad SMARTS) is 1. The summed E-state index contributed by atoms with van der Waals surface area (Å²) in [6, 6.07) is 13.8. The van der Waals surface area contributed by atoms with Crippen LogP contribution in [0.2, 0.25) is 0 Å². The van der Waals surface area contributed by atoms with Crippen LogP contribution in [0.4, 0.5) is 0 Å². The van der Waals surface area contributed by atoms with Crippen molar-refractivity contribution in [2.75, 3.05) is 0 Å². The number of carbonyl (C=O) groups is 2. The van der Waals surface area contributed by atoms with Gasteiger partial charge in [-0.1, -0.05) is 23.9 Å². The van der Waals surface area contributed by atoms with E-state index in [1.165, 1.54) is 37.0 Å². The molecule has 0 aliphatic rings. The fourth-order valence-electron chi connectivity index (χ4n) is 2.70. The second-order valence-electron chi connectivity index (χ2n) is 6.37. The number of ketones is 1. The number of carboxylic acids is 1. The fourth-order valence-corrected chi connectivity index (χ4v) is 3.60. The molecule has 3 rings (SSSR count). The molecule has 0 spiro atoms. The minimum Gasteiger partial charge on any atom is -0.507 e. The van der Waals surface area contributed by atoms with E-state index in [-0.39, 0.29) is 29.3 Å². The number of carbonyl (C=O) groups excluding carboxylic acids is 1. The zero-order valence-corrected chi connectivity index (χ0v) is 16.7. The molecule has 0 atom stereocenters. The minimum atomic E-state index is -0.995. The van der Waals surface area contributed by atoms with Gasteiger partial charge in [-0.3, -0.25) is 4.79 Å². The number of rotatable bonds is 7. The monoisotopic (exact) mass is 409 g/mol. The average Bonchev–Trinajstić information content (AvgIpc) is 2.69. The van der Waals surface area contributed by atoms with Gasteiger partial charge in [0, 0.05) is 16.7 Å². The summed E-state index contributed by atoms with van der Waals surface area (Å²) >= 11 is 1.36. The molecule has 3 aromatic rings. The van der Waals surface area contributed by atoms with Crippen LogP contribution >= 0.6 is 11.8 Å². The smallest absolute Gasteiger partial charge is 0.335 e. The third-order valence-corrected chi connectivity index (χ3v) is 5.18. The molecule has 0 fully saturated rings. The second-order valence-corrected chi connectivity index (χ2v) is 7.46. The summed E-state index contributed by atoms with van der Waals surface area (Å²) in [5.74, 6) is -0.765. The van der Waals surface area contributed by atoms with Crippen LogP contribution in [0.25, 0.3) is 0 Å². The van der Waals surface area contributed by atoms with Crippen molar-refractivity contribution in [2.45, 2.75) is 30.4 Å². The summed E-state index contributed by atoms with van der Waals surface area (Å²) in [7, 11) is 0. The van der Waals surface area contributed by atoms with E-state index < -0.39 is 5.97 Å². The largest absolute Gasteiger partial charge is 0.507 e. The number of benzene rings is 2. The molecule has 148 valence electrons. The number of phenols is 1. The van der Waals surface area contributed by atoms with Gasteiger partial charge in [-0.25, -0.2) is 9.78 Å². The molecule has 29 heavy (non-hydrogen) atoms. The molecule has 0 saturated heterocycles. The quantitative estimate of drug-likeness (QED) is 0.545. The van der Waals surface area contributed by atoms with Gasteiger partial charge in [0.15, 0.2) is 5.78 Å². The number of Topliss-reactive ketones (excluding diaryl/α,β-unsaturated/α-hetero) is 1. The molecular weight excluding hydrogens is 390 g/mol. The highest BCUT2D eigenvalue weighted by molar-refractivity contribution is 7.99. The Bertz CT molecular complexity index is 1080. The highest BCUT2D eigenvalue weighted by Crippen LogP contribution is 2.32. The molecule has 0 radical (unpaired) electrons. The first-order chi connectivity index (χ1) is 13.8. The SMILES string of the molecule is CC(=O)c1ccc(OCc2cccc(Sc3cc(C(=O)O)ccn3)c2)c(C)c1O. The molecule has 0 aliphatic carbocycles. The topological polar surface area (TPSA) is 96.7 Å². The van der Waals surface area contributed by atoms with Crippen LogP contribution in [0, 0.1) is 6.92 Å². The van der Waals surface area contributed by atoms with E-state index in [4.69, 9.17) is 9.84 Å². The summed E-state index contributed by atoms with van der Waals surface area (Å²) in [5.41, 5.74) is 1.87. The standard InChI is InChI=1S/C22H19NO5S/c1-13-19(7-6-18(14(2)24)21(13)25)28-12-15-4-3-5-17(10-15)29-20-11-16(22(26)27)8-9-23-20/h3-11,25H,12H2,1-2H3,(H,26,27). The van der Waals surface area contributed by atoms with E-state index in [0.29, 0.717) is 16.3 Å². The average molecular weight is 409 g/mol. The third kappa shape index (κ3) is 4.94. The Balaban J connectivity index is 1.72. The molecule has 0 bridgehead atoms. The first-order valence-electron chi connectivity index (χ1n) is 8.77. The van der Waals surface area contributed by atoms with Gasteiger partial charge >= 0.3 is 5.97 Å². The predicted octanol–water partition coefficient (Wildman–Crippen LogP) is 4.73. The van der Waals surface area contributed by atoms with Gasteiger partial charge in [0.25, 0.3) is 0 Å². The van der Waals surface area contributed by atoms with Crippen LogP contribution in [0.15, 0.2) is 64.6 Å². The predicted molar refractivity (Wildman–Crippen MR) is 109 cm³/mol. The molecule has 1 aromatic heterocycles. The number of pyridine rings is 1. The molecule has 0 aliphatic heterocycles. The van der Waals surface area contributed by atoms with Crippen molar-refractivity contribution in [3.05, 3.63) is 77.0 Å². The minimum absolute atomic E-state index is 0.0660. The molecule has 0 unspecified atom stereocenters. The highest BCUT2D eigenvalue weighted by Gasteiger charge is 2.13. The van der Waals surface area contributed by atoms with Crippen molar-refractivity contribution in [1.82, 2.24) is 4.98 Å². The number of hydrogen-bond donors (Lipinski definition) is 2. The summed E-state index contributed by atoms with van der Waals surface area (Å²) in [5, 5.41) is 19.8. The molecule has 0 saturated carbocycles. The lowest BCUT2D eigenvalue weighted by Crippen LogP contribution is -2.00. The van der Waals surface area contributed by atoms with Crippen molar-refractivity contribution in [3.8, 4) is 11.5 Å². The summed E-state index contributed by atoms with van der Waals surface area (Å²) in [6.45, 7) is 3.38. The number of aromatic carboxylic acids is 1. The van der Waals surface area contributed by atoms with Gasteiger partial charge in [-0.05, 0) is 55.8 Å². The van der Waals surface area contributed by atoms with Crippen molar-refractivity contribution < 1.29 is 24.5 Å². The number of ether oxygens (including phenoxy) is 1. The maximum Gasteiger partial charge on any atom is 0.335 e. The maximum absolute atomic E-state index is 11.5. The summed E-state index contributed by atoms with van der Waals surface area (Å²) in [6.07, 6.45) is 1.47. The molecule has 2 aromatic carbocycles. The van der Waals surface area contributed by atoms with E-state index in [9.17, 15) is 14.7 Å². The Morgan fingerprint density at radius 1 is 1.14 bits per heavy atom. The molecule has 7 heteroatoms. The van der Waals surface area contributed by atoms with Crippen molar-refractivity contribution in [2.24, 2.45) is 0 Å². The number of nitrogens with zero attached hydrogens (tertiary/aromatic N) is 1. The molecular formula is C22H19NO5S. The van der Waals surface area contributed by atoms with Gasteiger partial charge in [0.05, 0.1) is 11.1 Å². The number of aromatic nitrogens is 1. The van der Waals surface area contributed by atoms with Crippen LogP contribution < -0.4 is 4.74 Å². The summed E-state index contributed by atoms with van der Waals surface area (Å²) in [4.78, 5) is 27.7. The van der Waals surface area contributed by atoms with Crippen molar-refractivity contribution in [3.63, 3.8) is 0 Å². The van der Waals surface area contributed by atoms with Crippen LogP contribution in [0.5, 0.6) is 11.5 Å². The van der Waals surface area contributed by atoms with Crippen LogP contribution in [-0.4, -0.2) is 26.9 Å². The van der Waals surface area contributed by atoms with E-state index in [2.05, 4.69) is 4.98 Å². The Morgan fingerprint density at radius 3 is 2.66 bits per heavy atom. The maximum atomic E-state index is 11.5. The molecule has 0 amide bonds. The lowest BCUT2D eigenvalue weighted by molar-refractivity contribution is 0.0696. The number of hydrogen-bond acceptors (Lipinski definition) is 6. The van der Waals surface area contributed by atoms with Crippen LogP contribution in [0.1, 0.15) is 38.8 Å². The van der Waals surface area contributed by atoms with Gasteiger partial charge in [0.1, 0.15) is 23.1 Å². The number of aromatic hydroxyl groups is 1. The Morgan fingerprint density at radius 2 is 1.93 bits per heavy atom. The zero-order valence-electron chi connectivity index (χ0n) is 15.9. The molecule has 2 N–H and O–H groups in total.